The van der Waals surface area contributed by atoms with Crippen LogP contribution in [0.2, 0.25) is 0 Å². The van der Waals surface area contributed by atoms with E-state index >= 15 is 0 Å². The molecule has 0 spiro atoms. The lowest BCUT2D eigenvalue weighted by molar-refractivity contribution is -0.140. The zero-order valence-corrected chi connectivity index (χ0v) is 17.8. The number of Topliss-reactive ketones (excluding diaryl/α,β-unsaturated/α-hetero) is 1. The summed E-state index contributed by atoms with van der Waals surface area (Å²) in [6.45, 7) is 0.814. The van der Waals surface area contributed by atoms with Gasteiger partial charge in [0.15, 0.2) is 11.5 Å². The first-order valence-corrected chi connectivity index (χ1v) is 10.3. The molecule has 2 heterocycles. The lowest BCUT2D eigenvalue weighted by Crippen LogP contribution is -2.36. The third kappa shape index (κ3) is 3.93. The first-order chi connectivity index (χ1) is 15.4. The highest BCUT2D eigenvalue weighted by Crippen LogP contribution is 2.42. The number of hydrogen-bond donors (Lipinski definition) is 1. The van der Waals surface area contributed by atoms with E-state index in [1.165, 1.54) is 43.4 Å². The van der Waals surface area contributed by atoms with Gasteiger partial charge in [0.05, 0.1) is 31.9 Å². The maximum atomic E-state index is 13.4. The topological polar surface area (TPSA) is 85.3 Å². The highest BCUT2D eigenvalue weighted by Gasteiger charge is 2.47. The van der Waals surface area contributed by atoms with Gasteiger partial charge in [-0.3, -0.25) is 9.59 Å². The van der Waals surface area contributed by atoms with E-state index in [0.29, 0.717) is 23.7 Å². The van der Waals surface area contributed by atoms with Crippen molar-refractivity contribution in [1.29, 1.82) is 0 Å². The number of aliphatic hydroxyl groups is 1. The molecule has 2 fully saturated rings. The van der Waals surface area contributed by atoms with Crippen molar-refractivity contribution in [2.75, 3.05) is 27.4 Å². The zero-order chi connectivity index (χ0) is 22.8. The third-order valence-electron chi connectivity index (χ3n) is 5.81. The number of carbonyl (C=O) groups excluding carboxylic acids is 2. The van der Waals surface area contributed by atoms with Crippen LogP contribution >= 0.6 is 0 Å². The Labute approximate surface area is 185 Å². The molecule has 0 saturated carbocycles. The van der Waals surface area contributed by atoms with Gasteiger partial charge in [0.25, 0.3) is 11.7 Å². The number of halogens is 1. The Bertz CT molecular complexity index is 1060. The number of hydrogen-bond acceptors (Lipinski definition) is 6. The van der Waals surface area contributed by atoms with E-state index in [0.717, 1.165) is 12.8 Å². The molecule has 2 aliphatic heterocycles. The summed E-state index contributed by atoms with van der Waals surface area (Å²) < 4.78 is 29.8. The maximum absolute atomic E-state index is 13.4. The lowest BCUT2D eigenvalue weighted by atomic mass is 9.94. The minimum atomic E-state index is -0.857. The maximum Gasteiger partial charge on any atom is 0.295 e. The van der Waals surface area contributed by atoms with E-state index in [-0.39, 0.29) is 29.5 Å². The summed E-state index contributed by atoms with van der Waals surface area (Å²) in [7, 11) is 3.00. The molecule has 0 aliphatic carbocycles. The molecule has 32 heavy (non-hydrogen) atoms. The Kier molecular flexibility index (Phi) is 6.14. The van der Waals surface area contributed by atoms with Crippen molar-refractivity contribution >= 4 is 17.4 Å². The summed E-state index contributed by atoms with van der Waals surface area (Å²) in [4.78, 5) is 27.5. The Morgan fingerprint density at radius 3 is 2.47 bits per heavy atom. The van der Waals surface area contributed by atoms with Gasteiger partial charge in [0.1, 0.15) is 11.6 Å². The van der Waals surface area contributed by atoms with E-state index in [2.05, 4.69) is 0 Å². The Morgan fingerprint density at radius 2 is 1.84 bits per heavy atom. The summed E-state index contributed by atoms with van der Waals surface area (Å²) >= 11 is 0. The molecule has 2 aromatic carbocycles. The number of rotatable bonds is 6. The molecule has 0 bridgehead atoms. The van der Waals surface area contributed by atoms with Crippen molar-refractivity contribution < 1.29 is 33.3 Å². The summed E-state index contributed by atoms with van der Waals surface area (Å²) in [5, 5.41) is 11.0. The van der Waals surface area contributed by atoms with E-state index in [1.54, 1.807) is 18.2 Å². The fourth-order valence-electron chi connectivity index (χ4n) is 4.21. The van der Waals surface area contributed by atoms with Gasteiger partial charge in [-0.25, -0.2) is 4.39 Å². The Balaban J connectivity index is 1.85. The van der Waals surface area contributed by atoms with Gasteiger partial charge >= 0.3 is 0 Å². The molecule has 2 aromatic rings. The van der Waals surface area contributed by atoms with E-state index in [9.17, 15) is 19.1 Å². The molecule has 4 rings (SSSR count). The number of amides is 1. The first-order valence-electron chi connectivity index (χ1n) is 10.3. The number of carbonyl (C=O) groups is 2. The molecule has 1 amide bonds. The number of likely N-dealkylation sites (tertiary alicyclic amines) is 1. The molecule has 0 aromatic heterocycles. The Hall–Kier alpha value is -3.39. The Morgan fingerprint density at radius 1 is 1.12 bits per heavy atom. The van der Waals surface area contributed by atoms with Crippen LogP contribution in [-0.2, 0) is 14.3 Å². The minimum absolute atomic E-state index is 0.0631. The van der Waals surface area contributed by atoms with Crippen LogP contribution < -0.4 is 9.47 Å². The van der Waals surface area contributed by atoms with Crippen molar-refractivity contribution in [3.63, 3.8) is 0 Å². The molecule has 2 atom stereocenters. The lowest BCUT2D eigenvalue weighted by Gasteiger charge is -2.28. The molecular weight excluding hydrogens is 417 g/mol. The summed E-state index contributed by atoms with van der Waals surface area (Å²) in [5.41, 5.74) is 0.752. The van der Waals surface area contributed by atoms with E-state index in [4.69, 9.17) is 14.2 Å². The number of aliphatic hydroxyl groups excluding tert-OH is 1. The summed E-state index contributed by atoms with van der Waals surface area (Å²) in [6, 6.07) is 9.32. The second-order valence-electron chi connectivity index (χ2n) is 7.71. The quantitative estimate of drug-likeness (QED) is 0.420. The number of methoxy groups -OCH3 is 2. The van der Waals surface area contributed by atoms with Gasteiger partial charge in [-0.2, -0.15) is 0 Å². The van der Waals surface area contributed by atoms with Crippen molar-refractivity contribution in [3.05, 3.63) is 65.0 Å². The van der Waals surface area contributed by atoms with Gasteiger partial charge in [-0.1, -0.05) is 6.07 Å². The van der Waals surface area contributed by atoms with Crippen molar-refractivity contribution in [2.24, 2.45) is 0 Å². The van der Waals surface area contributed by atoms with Crippen molar-refractivity contribution in [1.82, 2.24) is 4.90 Å². The molecule has 7 nitrogen and oxygen atoms in total. The molecule has 0 radical (unpaired) electrons. The molecule has 8 heteroatoms. The number of ketones is 1. The molecular formula is C24H24FNO6. The molecule has 2 unspecified atom stereocenters. The smallest absolute Gasteiger partial charge is 0.295 e. The normalized spacial score (nSPS) is 22.4. The average molecular weight is 441 g/mol. The predicted molar refractivity (Wildman–Crippen MR) is 114 cm³/mol. The van der Waals surface area contributed by atoms with Crippen LogP contribution in [0.3, 0.4) is 0 Å². The SMILES string of the molecule is COc1ccc(C2/C(=C(/O)c3ccc(F)cc3)C(=O)C(=O)N2CC2CCCO2)cc1OC. The molecule has 2 saturated heterocycles. The van der Waals surface area contributed by atoms with E-state index < -0.39 is 23.5 Å². The molecule has 168 valence electrons. The van der Waals surface area contributed by atoms with Crippen LogP contribution in [0.1, 0.15) is 30.0 Å². The fourth-order valence-corrected chi connectivity index (χ4v) is 4.21. The number of ether oxygens (including phenoxy) is 3. The van der Waals surface area contributed by atoms with Gasteiger partial charge in [-0.15, -0.1) is 0 Å². The zero-order valence-electron chi connectivity index (χ0n) is 17.8. The second kappa shape index (κ2) is 9.00. The van der Waals surface area contributed by atoms with Crippen molar-refractivity contribution in [3.8, 4) is 11.5 Å². The van der Waals surface area contributed by atoms with Gasteiger partial charge in [-0.05, 0) is 54.8 Å². The van der Waals surface area contributed by atoms with Crippen LogP contribution in [-0.4, -0.2) is 55.2 Å². The molecule has 1 N–H and O–H groups in total. The number of nitrogens with zero attached hydrogens (tertiary/aromatic N) is 1. The van der Waals surface area contributed by atoms with Crippen molar-refractivity contribution in [2.45, 2.75) is 25.0 Å². The summed E-state index contributed by atoms with van der Waals surface area (Å²) in [6.07, 6.45) is 1.46. The standard InChI is InChI=1S/C24H24FNO6/c1-30-18-10-7-15(12-19(18)31-2)21-20(22(27)14-5-8-16(25)9-6-14)23(28)24(29)26(21)13-17-4-3-11-32-17/h5-10,12,17,21,27H,3-4,11,13H2,1-2H3/b22-20-. The third-order valence-corrected chi connectivity index (χ3v) is 5.81. The first kappa shape index (κ1) is 21.8. The predicted octanol–water partition coefficient (Wildman–Crippen LogP) is 3.44. The van der Waals surface area contributed by atoms with Crippen LogP contribution in [0.25, 0.3) is 5.76 Å². The average Bonchev–Trinajstić information content (AvgIpc) is 3.41. The van der Waals surface area contributed by atoms with E-state index in [1.807, 2.05) is 0 Å². The monoisotopic (exact) mass is 441 g/mol. The highest BCUT2D eigenvalue weighted by atomic mass is 19.1. The van der Waals surface area contributed by atoms with Crippen LogP contribution in [0.5, 0.6) is 11.5 Å². The fraction of sp³-hybridized carbons (Fsp3) is 0.333. The highest BCUT2D eigenvalue weighted by molar-refractivity contribution is 6.46. The van der Waals surface area contributed by atoms with Crippen LogP contribution in [0, 0.1) is 5.82 Å². The number of benzene rings is 2. The second-order valence-corrected chi connectivity index (χ2v) is 7.71. The largest absolute Gasteiger partial charge is 0.507 e. The van der Waals surface area contributed by atoms with Crippen LogP contribution in [0.15, 0.2) is 48.0 Å². The molecule has 2 aliphatic rings. The van der Waals surface area contributed by atoms with Crippen LogP contribution in [0.4, 0.5) is 4.39 Å². The van der Waals surface area contributed by atoms with Gasteiger partial charge in [0.2, 0.25) is 0 Å². The van der Waals surface area contributed by atoms with Gasteiger partial charge in [0, 0.05) is 18.7 Å². The minimum Gasteiger partial charge on any atom is -0.507 e. The summed E-state index contributed by atoms with van der Waals surface area (Å²) in [5.74, 6) is -1.44. The van der Waals surface area contributed by atoms with Gasteiger partial charge < -0.3 is 24.2 Å².